The highest BCUT2D eigenvalue weighted by atomic mass is 35.5. The van der Waals surface area contributed by atoms with Crippen LogP contribution >= 0.6 is 11.6 Å². The molecule has 0 saturated heterocycles. The summed E-state index contributed by atoms with van der Waals surface area (Å²) in [5, 5.41) is 0.709. The molecule has 80 valence electrons. The summed E-state index contributed by atoms with van der Waals surface area (Å²) >= 11 is 6.01. The third-order valence-electron chi connectivity index (χ3n) is 2.34. The molecule has 0 amide bonds. The van der Waals surface area contributed by atoms with Crippen LogP contribution in [0.2, 0.25) is 5.02 Å². The molecule has 15 heavy (non-hydrogen) atoms. The lowest BCUT2D eigenvalue weighted by molar-refractivity contribution is 0.404. The van der Waals surface area contributed by atoms with Gasteiger partial charge in [-0.25, -0.2) is 4.98 Å². The third kappa shape index (κ3) is 1.98. The molecule has 0 saturated carbocycles. The summed E-state index contributed by atoms with van der Waals surface area (Å²) in [7, 11) is 4.09. The molecule has 2 heterocycles. The van der Waals surface area contributed by atoms with Crippen molar-refractivity contribution in [1.29, 1.82) is 0 Å². The molecule has 0 atom stereocenters. The van der Waals surface area contributed by atoms with Crippen LogP contribution in [0.4, 0.5) is 0 Å². The van der Waals surface area contributed by atoms with Gasteiger partial charge in [-0.05, 0) is 27.1 Å². The first-order chi connectivity index (χ1) is 7.08. The van der Waals surface area contributed by atoms with E-state index in [2.05, 4.69) is 14.9 Å². The van der Waals surface area contributed by atoms with Crippen molar-refractivity contribution in [1.82, 2.24) is 14.9 Å². The molecule has 0 aliphatic heterocycles. The number of aryl methyl sites for hydroxylation is 1. The zero-order valence-corrected chi connectivity index (χ0v) is 9.89. The molecule has 2 aromatic heterocycles. The number of fused-ring (bicyclic) bond motifs is 1. The van der Waals surface area contributed by atoms with Gasteiger partial charge in [-0.15, -0.1) is 0 Å². The fourth-order valence-electron chi connectivity index (χ4n) is 1.63. The number of hydrogen-bond acceptors (Lipinski definition) is 2. The summed E-state index contributed by atoms with van der Waals surface area (Å²) < 4.78 is 0. The van der Waals surface area contributed by atoms with E-state index in [1.54, 1.807) is 0 Å². The van der Waals surface area contributed by atoms with Gasteiger partial charge in [-0.1, -0.05) is 11.6 Å². The van der Waals surface area contributed by atoms with Crippen molar-refractivity contribution in [3.63, 3.8) is 0 Å². The molecule has 0 aromatic carbocycles. The fraction of sp³-hybridized carbons (Fsp3) is 0.364. The van der Waals surface area contributed by atoms with Crippen LogP contribution < -0.4 is 0 Å². The Morgan fingerprint density at radius 3 is 2.87 bits per heavy atom. The highest BCUT2D eigenvalue weighted by molar-refractivity contribution is 6.31. The largest absolute Gasteiger partial charge is 0.359 e. The van der Waals surface area contributed by atoms with E-state index in [1.165, 1.54) is 5.56 Å². The van der Waals surface area contributed by atoms with Gasteiger partial charge in [0.2, 0.25) is 0 Å². The Morgan fingerprint density at radius 1 is 1.47 bits per heavy atom. The summed E-state index contributed by atoms with van der Waals surface area (Å²) in [5.41, 5.74) is 4.10. The number of nitrogens with zero attached hydrogens (tertiary/aromatic N) is 2. The lowest BCUT2D eigenvalue weighted by Gasteiger charge is -2.07. The van der Waals surface area contributed by atoms with Crippen LogP contribution in [0.5, 0.6) is 0 Å². The highest BCUT2D eigenvalue weighted by Gasteiger charge is 2.08. The summed E-state index contributed by atoms with van der Waals surface area (Å²) in [4.78, 5) is 9.81. The number of rotatable bonds is 2. The van der Waals surface area contributed by atoms with Gasteiger partial charge in [-0.2, -0.15) is 0 Å². The molecule has 2 rings (SSSR count). The lowest BCUT2D eigenvalue weighted by Crippen LogP contribution is -2.10. The molecule has 0 radical (unpaired) electrons. The van der Waals surface area contributed by atoms with Crippen molar-refractivity contribution in [2.24, 2.45) is 0 Å². The van der Waals surface area contributed by atoms with E-state index >= 15 is 0 Å². The second-order valence-corrected chi connectivity index (χ2v) is 4.41. The average Bonchev–Trinajstić information content (AvgIpc) is 2.49. The lowest BCUT2D eigenvalue weighted by atomic mass is 10.2. The van der Waals surface area contributed by atoms with Gasteiger partial charge in [0, 0.05) is 18.3 Å². The van der Waals surface area contributed by atoms with Crippen LogP contribution in [0.25, 0.3) is 11.0 Å². The van der Waals surface area contributed by atoms with E-state index in [-0.39, 0.29) is 0 Å². The predicted molar refractivity (Wildman–Crippen MR) is 63.2 cm³/mol. The smallest absolute Gasteiger partial charge is 0.0928 e. The molecule has 1 N–H and O–H groups in total. The first-order valence-electron chi connectivity index (χ1n) is 4.86. The van der Waals surface area contributed by atoms with Crippen LogP contribution in [0.1, 0.15) is 11.3 Å². The summed E-state index contributed by atoms with van der Waals surface area (Å²) in [6, 6.07) is 1.93. The molecule has 0 bridgehead atoms. The molecule has 0 fully saturated rings. The summed E-state index contributed by atoms with van der Waals surface area (Å²) in [6.45, 7) is 2.81. The van der Waals surface area contributed by atoms with Crippen LogP contribution in [-0.4, -0.2) is 29.0 Å². The number of H-pyrrole nitrogens is 1. The maximum Gasteiger partial charge on any atom is 0.0928 e. The highest BCUT2D eigenvalue weighted by Crippen LogP contribution is 2.22. The molecule has 0 aliphatic rings. The standard InChI is InChI=1S/C11H14ClN3/c1-7-9(12)4-10-11(14-7)8(5-13-10)6-15(2)3/h4-5,13H,6H2,1-3H3. The van der Waals surface area contributed by atoms with E-state index in [0.717, 1.165) is 23.3 Å². The molecule has 2 aromatic rings. The number of nitrogens with one attached hydrogen (secondary N) is 1. The average molecular weight is 224 g/mol. The SMILES string of the molecule is Cc1nc2c(CN(C)C)c[nH]c2cc1Cl. The monoisotopic (exact) mass is 223 g/mol. The third-order valence-corrected chi connectivity index (χ3v) is 2.73. The zero-order valence-electron chi connectivity index (χ0n) is 9.13. The fourth-order valence-corrected chi connectivity index (χ4v) is 1.78. The molecular formula is C11H14ClN3. The van der Waals surface area contributed by atoms with Crippen molar-refractivity contribution in [3.8, 4) is 0 Å². The number of hydrogen-bond donors (Lipinski definition) is 1. The van der Waals surface area contributed by atoms with E-state index in [9.17, 15) is 0 Å². The second kappa shape index (κ2) is 3.83. The van der Waals surface area contributed by atoms with Crippen molar-refractivity contribution < 1.29 is 0 Å². The Hall–Kier alpha value is -1.06. The van der Waals surface area contributed by atoms with Crippen LogP contribution in [0.3, 0.4) is 0 Å². The van der Waals surface area contributed by atoms with Gasteiger partial charge in [0.05, 0.1) is 21.7 Å². The maximum atomic E-state index is 6.01. The minimum atomic E-state index is 0.709. The van der Waals surface area contributed by atoms with Crippen molar-refractivity contribution >= 4 is 22.6 Å². The van der Waals surface area contributed by atoms with Gasteiger partial charge in [0.25, 0.3) is 0 Å². The van der Waals surface area contributed by atoms with E-state index in [0.29, 0.717) is 5.02 Å². The van der Waals surface area contributed by atoms with E-state index in [1.807, 2.05) is 33.3 Å². The van der Waals surface area contributed by atoms with Crippen molar-refractivity contribution in [2.45, 2.75) is 13.5 Å². The first-order valence-corrected chi connectivity index (χ1v) is 5.23. The zero-order chi connectivity index (χ0) is 11.0. The quantitative estimate of drug-likeness (QED) is 0.849. The second-order valence-electron chi connectivity index (χ2n) is 4.00. The van der Waals surface area contributed by atoms with Crippen molar-refractivity contribution in [2.75, 3.05) is 14.1 Å². The predicted octanol–water partition coefficient (Wildman–Crippen LogP) is 2.59. The molecule has 0 unspecified atom stereocenters. The summed E-state index contributed by atoms with van der Waals surface area (Å²) in [6.07, 6.45) is 1.99. The van der Waals surface area contributed by atoms with Crippen LogP contribution in [0, 0.1) is 6.92 Å². The van der Waals surface area contributed by atoms with Gasteiger partial charge in [-0.3, -0.25) is 0 Å². The minimum Gasteiger partial charge on any atom is -0.359 e. The first kappa shape index (κ1) is 10.5. The number of halogens is 1. The van der Waals surface area contributed by atoms with Gasteiger partial charge >= 0.3 is 0 Å². The van der Waals surface area contributed by atoms with Gasteiger partial charge in [0.15, 0.2) is 0 Å². The van der Waals surface area contributed by atoms with E-state index in [4.69, 9.17) is 11.6 Å². The molecular weight excluding hydrogens is 210 g/mol. The minimum absolute atomic E-state index is 0.709. The molecule has 0 aliphatic carbocycles. The molecule has 0 spiro atoms. The number of pyridine rings is 1. The van der Waals surface area contributed by atoms with E-state index < -0.39 is 0 Å². The van der Waals surface area contributed by atoms with Crippen LogP contribution in [0.15, 0.2) is 12.3 Å². The number of aromatic amines is 1. The Morgan fingerprint density at radius 2 is 2.20 bits per heavy atom. The Balaban J connectivity index is 2.54. The topological polar surface area (TPSA) is 31.9 Å². The Kier molecular flexibility index (Phi) is 2.67. The summed E-state index contributed by atoms with van der Waals surface area (Å²) in [5.74, 6) is 0. The maximum absolute atomic E-state index is 6.01. The number of aromatic nitrogens is 2. The van der Waals surface area contributed by atoms with Gasteiger partial charge in [0.1, 0.15) is 0 Å². The van der Waals surface area contributed by atoms with Crippen LogP contribution in [-0.2, 0) is 6.54 Å². The molecule has 3 nitrogen and oxygen atoms in total. The van der Waals surface area contributed by atoms with Gasteiger partial charge < -0.3 is 9.88 Å². The Labute approximate surface area is 94.1 Å². The van der Waals surface area contributed by atoms with Crippen molar-refractivity contribution in [3.05, 3.63) is 28.5 Å². The Bertz CT molecular complexity index is 488. The normalized spacial score (nSPS) is 11.5. The molecule has 4 heteroatoms.